The van der Waals surface area contributed by atoms with Gasteiger partial charge in [-0.25, -0.2) is 0 Å². The maximum absolute atomic E-state index is 12.5. The van der Waals surface area contributed by atoms with Gasteiger partial charge in [0.15, 0.2) is 0 Å². The van der Waals surface area contributed by atoms with Crippen molar-refractivity contribution in [2.24, 2.45) is 5.92 Å². The molecular formula is C18H28ClN3O. The molecular weight excluding hydrogens is 310 g/mol. The predicted octanol–water partition coefficient (Wildman–Crippen LogP) is 2.65. The van der Waals surface area contributed by atoms with Crippen LogP contribution in [0, 0.1) is 12.8 Å². The molecule has 1 aliphatic rings. The molecule has 1 aliphatic heterocycles. The molecule has 0 spiro atoms. The summed E-state index contributed by atoms with van der Waals surface area (Å²) in [5.74, 6) is 0.490. The minimum absolute atomic E-state index is 0.0149. The summed E-state index contributed by atoms with van der Waals surface area (Å²) in [6.07, 6.45) is 0. The maximum atomic E-state index is 12.5. The SMILES string of the molecule is Cc1cc(Cl)ccc1C(=O)NC[C@@H](C(C)C)N1CCN(C)CC1. The molecule has 0 radical (unpaired) electrons. The van der Waals surface area contributed by atoms with E-state index in [2.05, 4.69) is 36.0 Å². The van der Waals surface area contributed by atoms with E-state index in [1.807, 2.05) is 13.0 Å². The van der Waals surface area contributed by atoms with Gasteiger partial charge in [0.2, 0.25) is 0 Å². The third kappa shape index (κ3) is 4.93. The molecule has 1 aromatic carbocycles. The van der Waals surface area contributed by atoms with Gasteiger partial charge in [0.25, 0.3) is 5.91 Å². The Kier molecular flexibility index (Phi) is 6.45. The molecule has 128 valence electrons. The largest absolute Gasteiger partial charge is 0.350 e. The van der Waals surface area contributed by atoms with Crippen LogP contribution in [0.4, 0.5) is 0 Å². The average Bonchev–Trinajstić information content (AvgIpc) is 2.48. The Morgan fingerprint density at radius 1 is 1.26 bits per heavy atom. The molecule has 1 amide bonds. The van der Waals surface area contributed by atoms with Crippen LogP contribution in [0.3, 0.4) is 0 Å². The van der Waals surface area contributed by atoms with Gasteiger partial charge in [-0.3, -0.25) is 9.69 Å². The van der Waals surface area contributed by atoms with Gasteiger partial charge in [0.05, 0.1) is 0 Å². The van der Waals surface area contributed by atoms with E-state index in [0.717, 1.165) is 31.7 Å². The highest BCUT2D eigenvalue weighted by Gasteiger charge is 2.25. The zero-order chi connectivity index (χ0) is 17.0. The van der Waals surface area contributed by atoms with Crippen molar-refractivity contribution >= 4 is 17.5 Å². The summed E-state index contributed by atoms with van der Waals surface area (Å²) in [4.78, 5) is 17.3. The van der Waals surface area contributed by atoms with Gasteiger partial charge in [0.1, 0.15) is 0 Å². The number of hydrogen-bond acceptors (Lipinski definition) is 3. The van der Waals surface area contributed by atoms with E-state index in [0.29, 0.717) is 29.1 Å². The van der Waals surface area contributed by atoms with E-state index in [4.69, 9.17) is 11.6 Å². The second-order valence-corrected chi connectivity index (χ2v) is 7.26. The molecule has 2 rings (SSSR count). The first kappa shape index (κ1) is 18.2. The fourth-order valence-corrected chi connectivity index (χ4v) is 3.34. The molecule has 4 nitrogen and oxygen atoms in total. The first-order chi connectivity index (χ1) is 10.9. The molecule has 0 aliphatic carbocycles. The summed E-state index contributed by atoms with van der Waals surface area (Å²) in [5.41, 5.74) is 1.62. The monoisotopic (exact) mass is 337 g/mol. The fourth-order valence-electron chi connectivity index (χ4n) is 3.11. The van der Waals surface area contributed by atoms with Crippen LogP contribution < -0.4 is 5.32 Å². The van der Waals surface area contributed by atoms with Crippen LogP contribution in [0.15, 0.2) is 18.2 Å². The van der Waals surface area contributed by atoms with E-state index in [9.17, 15) is 4.79 Å². The molecule has 1 aromatic rings. The summed E-state index contributed by atoms with van der Waals surface area (Å²) in [7, 11) is 2.16. The van der Waals surface area contributed by atoms with E-state index < -0.39 is 0 Å². The Labute approximate surface area is 144 Å². The molecule has 0 saturated carbocycles. The quantitative estimate of drug-likeness (QED) is 0.897. The molecule has 1 atom stereocenters. The summed E-state index contributed by atoms with van der Waals surface area (Å²) in [6, 6.07) is 5.77. The van der Waals surface area contributed by atoms with Gasteiger partial charge in [-0.2, -0.15) is 0 Å². The molecule has 0 bridgehead atoms. The normalized spacial score (nSPS) is 18.2. The summed E-state index contributed by atoms with van der Waals surface area (Å²) >= 11 is 5.96. The maximum Gasteiger partial charge on any atom is 0.251 e. The number of benzene rings is 1. The van der Waals surface area contributed by atoms with Crippen molar-refractivity contribution in [3.8, 4) is 0 Å². The highest BCUT2D eigenvalue weighted by molar-refractivity contribution is 6.30. The molecule has 1 heterocycles. The number of amides is 1. The van der Waals surface area contributed by atoms with Crippen LogP contribution in [0.2, 0.25) is 5.02 Å². The molecule has 1 fully saturated rings. The minimum Gasteiger partial charge on any atom is -0.350 e. The van der Waals surface area contributed by atoms with Crippen LogP contribution >= 0.6 is 11.6 Å². The molecule has 0 unspecified atom stereocenters. The number of hydrogen-bond donors (Lipinski definition) is 1. The lowest BCUT2D eigenvalue weighted by molar-refractivity contribution is 0.0790. The lowest BCUT2D eigenvalue weighted by Crippen LogP contribution is -2.54. The first-order valence-electron chi connectivity index (χ1n) is 8.35. The second kappa shape index (κ2) is 8.13. The summed E-state index contributed by atoms with van der Waals surface area (Å²) in [5, 5.41) is 3.78. The zero-order valence-corrected chi connectivity index (χ0v) is 15.4. The van der Waals surface area contributed by atoms with Crippen molar-refractivity contribution in [3.63, 3.8) is 0 Å². The zero-order valence-electron chi connectivity index (χ0n) is 14.6. The number of nitrogens with one attached hydrogen (secondary N) is 1. The minimum atomic E-state index is -0.0149. The van der Waals surface area contributed by atoms with E-state index in [-0.39, 0.29) is 5.91 Å². The number of nitrogens with zero attached hydrogens (tertiary/aromatic N) is 2. The topological polar surface area (TPSA) is 35.6 Å². The number of likely N-dealkylation sites (N-methyl/N-ethyl adjacent to an activating group) is 1. The third-order valence-corrected chi connectivity index (χ3v) is 4.92. The second-order valence-electron chi connectivity index (χ2n) is 6.82. The Bertz CT molecular complexity index is 539. The molecule has 23 heavy (non-hydrogen) atoms. The summed E-state index contributed by atoms with van der Waals surface area (Å²) < 4.78 is 0. The Balaban J connectivity index is 1.97. The van der Waals surface area contributed by atoms with Gasteiger partial charge in [-0.05, 0) is 43.7 Å². The lowest BCUT2D eigenvalue weighted by atomic mass is 10.0. The fraction of sp³-hybridized carbons (Fsp3) is 0.611. The van der Waals surface area contributed by atoms with E-state index in [1.54, 1.807) is 12.1 Å². The lowest BCUT2D eigenvalue weighted by Gasteiger charge is -2.40. The van der Waals surface area contributed by atoms with Crippen molar-refractivity contribution < 1.29 is 4.79 Å². The number of carbonyl (C=O) groups excluding carboxylic acids is 1. The predicted molar refractivity (Wildman–Crippen MR) is 96.2 cm³/mol. The standard InChI is InChI=1S/C18H28ClN3O/c1-13(2)17(22-9-7-21(4)8-10-22)12-20-18(23)16-6-5-15(19)11-14(16)3/h5-6,11,13,17H,7-10,12H2,1-4H3,(H,20,23)/t17-/m0/s1. The van der Waals surface area contributed by atoms with Crippen LogP contribution in [-0.2, 0) is 0 Å². The number of carbonyl (C=O) groups is 1. The highest BCUT2D eigenvalue weighted by Crippen LogP contribution is 2.16. The first-order valence-corrected chi connectivity index (χ1v) is 8.73. The number of rotatable bonds is 5. The average molecular weight is 338 g/mol. The Hall–Kier alpha value is -1.10. The van der Waals surface area contributed by atoms with Crippen molar-refractivity contribution in [2.45, 2.75) is 26.8 Å². The van der Waals surface area contributed by atoms with Gasteiger partial charge in [-0.15, -0.1) is 0 Å². The van der Waals surface area contributed by atoms with Crippen LogP contribution in [-0.4, -0.2) is 61.5 Å². The highest BCUT2D eigenvalue weighted by atomic mass is 35.5. The van der Waals surface area contributed by atoms with E-state index >= 15 is 0 Å². The molecule has 1 saturated heterocycles. The van der Waals surface area contributed by atoms with Crippen LogP contribution in [0.25, 0.3) is 0 Å². The Morgan fingerprint density at radius 3 is 2.48 bits per heavy atom. The van der Waals surface area contributed by atoms with Gasteiger partial charge >= 0.3 is 0 Å². The van der Waals surface area contributed by atoms with Gasteiger partial charge < -0.3 is 10.2 Å². The number of piperazine rings is 1. The molecule has 0 aromatic heterocycles. The van der Waals surface area contributed by atoms with Crippen LogP contribution in [0.5, 0.6) is 0 Å². The molecule has 5 heteroatoms. The number of aryl methyl sites for hydroxylation is 1. The third-order valence-electron chi connectivity index (χ3n) is 4.68. The van der Waals surface area contributed by atoms with Crippen molar-refractivity contribution in [3.05, 3.63) is 34.3 Å². The van der Waals surface area contributed by atoms with E-state index in [1.165, 1.54) is 0 Å². The number of halogens is 1. The summed E-state index contributed by atoms with van der Waals surface area (Å²) in [6.45, 7) is 11.4. The smallest absolute Gasteiger partial charge is 0.251 e. The Morgan fingerprint density at radius 2 is 1.91 bits per heavy atom. The van der Waals surface area contributed by atoms with Gasteiger partial charge in [-0.1, -0.05) is 25.4 Å². The molecule has 1 N–H and O–H groups in total. The van der Waals surface area contributed by atoms with Crippen LogP contribution in [0.1, 0.15) is 29.8 Å². The van der Waals surface area contributed by atoms with Crippen molar-refractivity contribution in [1.82, 2.24) is 15.1 Å². The van der Waals surface area contributed by atoms with Gasteiger partial charge in [0, 0.05) is 49.4 Å². The van der Waals surface area contributed by atoms with Crippen molar-refractivity contribution in [1.29, 1.82) is 0 Å². The van der Waals surface area contributed by atoms with Crippen molar-refractivity contribution in [2.75, 3.05) is 39.8 Å².